The van der Waals surface area contributed by atoms with Gasteiger partial charge in [0.25, 0.3) is 15.9 Å². The lowest BCUT2D eigenvalue weighted by atomic mass is 10.3. The molecule has 0 unspecified atom stereocenters. The maximum absolute atomic E-state index is 12.7. The summed E-state index contributed by atoms with van der Waals surface area (Å²) in [5.41, 5.74) is 0.360. The van der Waals surface area contributed by atoms with Crippen molar-refractivity contribution in [3.8, 4) is 0 Å². The maximum Gasteiger partial charge on any atom is 0.264 e. The summed E-state index contributed by atoms with van der Waals surface area (Å²) in [7, 11) is -2.32. The van der Waals surface area contributed by atoms with Gasteiger partial charge in [-0.3, -0.25) is 9.10 Å². The van der Waals surface area contributed by atoms with Gasteiger partial charge in [-0.15, -0.1) is 11.3 Å². The van der Waals surface area contributed by atoms with E-state index < -0.39 is 10.0 Å². The summed E-state index contributed by atoms with van der Waals surface area (Å²) in [4.78, 5) is 12.7. The summed E-state index contributed by atoms with van der Waals surface area (Å²) >= 11 is 7.01. The molecule has 0 saturated heterocycles. The molecule has 1 aromatic carbocycles. The van der Waals surface area contributed by atoms with Crippen molar-refractivity contribution in [2.45, 2.75) is 18.2 Å². The molecule has 1 heterocycles. The summed E-state index contributed by atoms with van der Waals surface area (Å²) in [6.07, 6.45) is 0.811. The Morgan fingerprint density at radius 2 is 1.91 bits per heavy atom. The number of carbonyl (C=O) groups excluding carboxylic acids is 1. The summed E-state index contributed by atoms with van der Waals surface area (Å²) in [6.45, 7) is 2.50. The van der Waals surface area contributed by atoms with Crippen molar-refractivity contribution in [1.29, 1.82) is 0 Å². The smallest absolute Gasteiger partial charge is 0.264 e. The minimum absolute atomic E-state index is 0.121. The van der Waals surface area contributed by atoms with Crippen LogP contribution in [0, 0.1) is 0 Å². The van der Waals surface area contributed by atoms with Crippen LogP contribution in [-0.2, 0) is 10.0 Å². The second-order valence-electron chi connectivity index (χ2n) is 4.82. The number of carbonyl (C=O) groups is 1. The Labute approximate surface area is 144 Å². The third-order valence-corrected chi connectivity index (χ3v) is 6.14. The van der Waals surface area contributed by atoms with Crippen molar-refractivity contribution in [3.63, 3.8) is 0 Å². The SMILES string of the molecule is CCCNC(=O)c1sccc1N(C)S(=O)(=O)c1ccc(Cl)cc1. The van der Waals surface area contributed by atoms with E-state index in [1.807, 2.05) is 6.92 Å². The molecule has 2 aromatic rings. The quantitative estimate of drug-likeness (QED) is 0.845. The van der Waals surface area contributed by atoms with Gasteiger partial charge < -0.3 is 5.32 Å². The third kappa shape index (κ3) is 3.85. The second kappa shape index (κ2) is 7.33. The average molecular weight is 373 g/mol. The molecule has 0 aliphatic rings. The lowest BCUT2D eigenvalue weighted by molar-refractivity contribution is 0.0958. The summed E-state index contributed by atoms with van der Waals surface area (Å²) in [5, 5.41) is 4.92. The number of hydrogen-bond donors (Lipinski definition) is 1. The molecule has 1 N–H and O–H groups in total. The van der Waals surface area contributed by atoms with Gasteiger partial charge in [-0.05, 0) is 42.1 Å². The molecule has 5 nitrogen and oxygen atoms in total. The molecule has 23 heavy (non-hydrogen) atoms. The maximum atomic E-state index is 12.7. The van der Waals surface area contributed by atoms with Crippen LogP contribution in [0.4, 0.5) is 5.69 Å². The average Bonchev–Trinajstić information content (AvgIpc) is 3.01. The number of hydrogen-bond acceptors (Lipinski definition) is 4. The first-order chi connectivity index (χ1) is 10.9. The van der Waals surface area contributed by atoms with Gasteiger partial charge in [0.05, 0.1) is 10.6 Å². The fourth-order valence-electron chi connectivity index (χ4n) is 1.93. The summed E-state index contributed by atoms with van der Waals surface area (Å²) in [5.74, 6) is -0.269. The molecule has 0 saturated carbocycles. The Bertz CT molecular complexity index is 785. The van der Waals surface area contributed by atoms with Crippen molar-refractivity contribution < 1.29 is 13.2 Å². The molecule has 0 aliphatic carbocycles. The van der Waals surface area contributed by atoms with Gasteiger partial charge in [0.2, 0.25) is 0 Å². The molecule has 1 aromatic heterocycles. The topological polar surface area (TPSA) is 66.5 Å². The lowest BCUT2D eigenvalue weighted by Gasteiger charge is -2.19. The molecule has 124 valence electrons. The van der Waals surface area contributed by atoms with Gasteiger partial charge in [-0.25, -0.2) is 8.42 Å². The standard InChI is InChI=1S/C15H17ClN2O3S2/c1-3-9-17-15(19)14-13(8-10-22-14)18(2)23(20,21)12-6-4-11(16)5-7-12/h4-8,10H,3,9H2,1-2H3,(H,17,19). The largest absolute Gasteiger partial charge is 0.351 e. The van der Waals surface area contributed by atoms with Gasteiger partial charge in [0.1, 0.15) is 4.88 Å². The van der Waals surface area contributed by atoms with Crippen LogP contribution >= 0.6 is 22.9 Å². The van der Waals surface area contributed by atoms with Crippen molar-refractivity contribution in [1.82, 2.24) is 5.32 Å². The highest BCUT2D eigenvalue weighted by Crippen LogP contribution is 2.30. The van der Waals surface area contributed by atoms with Crippen LogP contribution < -0.4 is 9.62 Å². The molecule has 0 radical (unpaired) electrons. The number of nitrogens with zero attached hydrogens (tertiary/aromatic N) is 1. The molecule has 0 aliphatic heterocycles. The Hall–Kier alpha value is -1.57. The molecule has 0 atom stereocenters. The lowest BCUT2D eigenvalue weighted by Crippen LogP contribution is -2.30. The van der Waals surface area contributed by atoms with E-state index in [-0.39, 0.29) is 10.8 Å². The van der Waals surface area contributed by atoms with Crippen LogP contribution in [0.1, 0.15) is 23.0 Å². The Morgan fingerprint density at radius 3 is 2.52 bits per heavy atom. The van der Waals surface area contributed by atoms with E-state index in [9.17, 15) is 13.2 Å². The number of nitrogens with one attached hydrogen (secondary N) is 1. The molecule has 0 bridgehead atoms. The van der Waals surface area contributed by atoms with E-state index in [1.54, 1.807) is 11.4 Å². The fourth-order valence-corrected chi connectivity index (χ4v) is 4.16. The highest BCUT2D eigenvalue weighted by molar-refractivity contribution is 7.92. The van der Waals surface area contributed by atoms with E-state index in [1.165, 1.54) is 42.6 Å². The van der Waals surface area contributed by atoms with E-state index in [0.29, 0.717) is 22.1 Å². The number of amides is 1. The third-order valence-electron chi connectivity index (χ3n) is 3.20. The molecule has 8 heteroatoms. The summed E-state index contributed by atoms with van der Waals surface area (Å²) < 4.78 is 26.5. The van der Waals surface area contributed by atoms with Gasteiger partial charge >= 0.3 is 0 Å². The Morgan fingerprint density at radius 1 is 1.26 bits per heavy atom. The first kappa shape index (κ1) is 17.8. The van der Waals surface area contributed by atoms with Crippen molar-refractivity contribution in [2.24, 2.45) is 0 Å². The summed E-state index contributed by atoms with van der Waals surface area (Å²) in [6, 6.07) is 7.54. The number of halogens is 1. The molecule has 0 spiro atoms. The number of thiophene rings is 1. The van der Waals surface area contributed by atoms with Crippen LogP contribution in [0.3, 0.4) is 0 Å². The molecular formula is C15H17ClN2O3S2. The van der Waals surface area contributed by atoms with Gasteiger partial charge in [-0.2, -0.15) is 0 Å². The van der Waals surface area contributed by atoms with E-state index in [0.717, 1.165) is 10.7 Å². The van der Waals surface area contributed by atoms with Crippen LogP contribution in [0.15, 0.2) is 40.6 Å². The van der Waals surface area contributed by atoms with Crippen molar-refractivity contribution >= 4 is 44.6 Å². The number of sulfonamides is 1. The molecular weight excluding hydrogens is 356 g/mol. The van der Waals surface area contributed by atoms with Gasteiger partial charge in [0, 0.05) is 18.6 Å². The first-order valence-electron chi connectivity index (χ1n) is 6.98. The van der Waals surface area contributed by atoms with Gasteiger partial charge in [-0.1, -0.05) is 18.5 Å². The van der Waals surface area contributed by atoms with Crippen LogP contribution in [0.5, 0.6) is 0 Å². The highest BCUT2D eigenvalue weighted by Gasteiger charge is 2.26. The van der Waals surface area contributed by atoms with Gasteiger partial charge in [0.15, 0.2) is 0 Å². The minimum atomic E-state index is -3.75. The monoisotopic (exact) mass is 372 g/mol. The number of anilines is 1. The Kier molecular flexibility index (Phi) is 5.67. The van der Waals surface area contributed by atoms with Crippen LogP contribution in [0.25, 0.3) is 0 Å². The number of benzene rings is 1. The number of rotatable bonds is 6. The van der Waals surface area contributed by atoms with E-state index >= 15 is 0 Å². The van der Waals surface area contributed by atoms with Crippen LogP contribution in [-0.4, -0.2) is 27.9 Å². The van der Waals surface area contributed by atoms with Crippen LogP contribution in [0.2, 0.25) is 5.02 Å². The molecule has 2 rings (SSSR count). The predicted molar refractivity (Wildman–Crippen MR) is 94.0 cm³/mol. The van der Waals surface area contributed by atoms with E-state index in [2.05, 4.69) is 5.32 Å². The zero-order valence-electron chi connectivity index (χ0n) is 12.7. The normalized spacial score (nSPS) is 11.3. The fraction of sp³-hybridized carbons (Fsp3) is 0.267. The zero-order chi connectivity index (χ0) is 17.0. The zero-order valence-corrected chi connectivity index (χ0v) is 15.1. The Balaban J connectivity index is 2.33. The molecule has 0 fully saturated rings. The second-order valence-corrected chi connectivity index (χ2v) is 8.14. The van der Waals surface area contributed by atoms with E-state index in [4.69, 9.17) is 11.6 Å². The van der Waals surface area contributed by atoms with Crippen molar-refractivity contribution in [2.75, 3.05) is 17.9 Å². The highest BCUT2D eigenvalue weighted by atomic mass is 35.5. The van der Waals surface area contributed by atoms with Crippen molar-refractivity contribution in [3.05, 3.63) is 45.6 Å². The minimum Gasteiger partial charge on any atom is -0.351 e. The molecule has 1 amide bonds. The predicted octanol–water partition coefficient (Wildman–Crippen LogP) is 3.37. The first-order valence-corrected chi connectivity index (χ1v) is 9.68.